The third-order valence-electron chi connectivity index (χ3n) is 10.6. The highest BCUT2D eigenvalue weighted by atomic mass is 14.6. The first-order valence-electron chi connectivity index (χ1n) is 12.0. The van der Waals surface area contributed by atoms with Crippen LogP contribution in [0.5, 0.6) is 0 Å². The van der Waals surface area contributed by atoms with E-state index in [0.717, 1.165) is 47.3 Å². The Labute approximate surface area is 172 Å². The molecule has 6 fully saturated rings. The molecule has 2 nitrogen and oxygen atoms in total. The summed E-state index contributed by atoms with van der Waals surface area (Å²) in [7, 11) is 0. The largest absolute Gasteiger partial charge is 0.198 e. The Morgan fingerprint density at radius 1 is 0.571 bits per heavy atom. The monoisotopic (exact) mass is 378 g/mol. The molecule has 6 rings (SSSR count). The normalized spacial score (nSPS) is 53.1. The molecule has 6 aliphatic carbocycles. The number of nitriles is 2. The smallest absolute Gasteiger partial charge is 0.0656 e. The van der Waals surface area contributed by atoms with Crippen LogP contribution in [0.1, 0.15) is 79.1 Å². The Bertz CT molecular complexity index is 660. The lowest BCUT2D eigenvalue weighted by molar-refractivity contribution is 0.117. The van der Waals surface area contributed by atoms with E-state index in [1.807, 2.05) is 0 Å². The molecule has 0 heterocycles. The number of rotatable bonds is 0. The van der Waals surface area contributed by atoms with Crippen LogP contribution in [0.25, 0.3) is 0 Å². The molecule has 0 aromatic rings. The number of hydrogen-bond acceptors (Lipinski definition) is 2. The van der Waals surface area contributed by atoms with Crippen molar-refractivity contribution < 1.29 is 0 Å². The van der Waals surface area contributed by atoms with E-state index in [2.05, 4.69) is 39.8 Å². The molecule has 2 heteroatoms. The summed E-state index contributed by atoms with van der Waals surface area (Å²) in [5.41, 5.74) is 1.16. The first kappa shape index (κ1) is 19.0. The minimum atomic E-state index is 0.393. The van der Waals surface area contributed by atoms with Gasteiger partial charge in [0.1, 0.15) is 0 Å². The standard InChI is InChI=1S/2C13H19N/c2*1-13(2)6-9-5-12(13)11-4-8(7-14)3-10(9)11/h2*8-12H,3-6H2,1-2H3. The van der Waals surface area contributed by atoms with Gasteiger partial charge in [-0.2, -0.15) is 10.5 Å². The number of hydrogen-bond donors (Lipinski definition) is 0. The zero-order chi connectivity index (χ0) is 19.8. The maximum absolute atomic E-state index is 8.99. The van der Waals surface area contributed by atoms with Crippen LogP contribution in [0.3, 0.4) is 0 Å². The summed E-state index contributed by atoms with van der Waals surface area (Å²) in [5, 5.41) is 18.0. The van der Waals surface area contributed by atoms with E-state index in [9.17, 15) is 0 Å². The Morgan fingerprint density at radius 3 is 1.29 bits per heavy atom. The quantitative estimate of drug-likeness (QED) is 0.487. The molecule has 10 unspecified atom stereocenters. The predicted octanol–water partition coefficient (Wildman–Crippen LogP) is 6.44. The maximum Gasteiger partial charge on any atom is 0.0656 e. The van der Waals surface area contributed by atoms with Crippen LogP contribution in [0.2, 0.25) is 0 Å². The van der Waals surface area contributed by atoms with E-state index in [1.165, 1.54) is 51.4 Å². The van der Waals surface area contributed by atoms with Crippen LogP contribution in [-0.2, 0) is 0 Å². The van der Waals surface area contributed by atoms with Gasteiger partial charge >= 0.3 is 0 Å². The van der Waals surface area contributed by atoms with Gasteiger partial charge < -0.3 is 0 Å². The first-order valence-corrected chi connectivity index (χ1v) is 12.0. The van der Waals surface area contributed by atoms with E-state index in [-0.39, 0.29) is 0 Å². The minimum absolute atomic E-state index is 0.393. The van der Waals surface area contributed by atoms with E-state index in [0.29, 0.717) is 22.7 Å². The van der Waals surface area contributed by atoms with Crippen molar-refractivity contribution in [1.82, 2.24) is 0 Å². The Hall–Kier alpha value is -1.02. The first-order chi connectivity index (χ1) is 13.2. The lowest BCUT2D eigenvalue weighted by Crippen LogP contribution is -2.30. The summed E-state index contributed by atoms with van der Waals surface area (Å²) in [6, 6.07) is 4.98. The van der Waals surface area contributed by atoms with Gasteiger partial charge in [0.2, 0.25) is 0 Å². The van der Waals surface area contributed by atoms with Gasteiger partial charge in [0.25, 0.3) is 0 Å². The third kappa shape index (κ3) is 2.70. The van der Waals surface area contributed by atoms with Crippen LogP contribution < -0.4 is 0 Å². The van der Waals surface area contributed by atoms with Gasteiger partial charge in [0.15, 0.2) is 0 Å². The molecule has 0 spiro atoms. The fraction of sp³-hybridized carbons (Fsp3) is 0.923. The van der Waals surface area contributed by atoms with Crippen LogP contribution in [0.4, 0.5) is 0 Å². The molecule has 0 aromatic carbocycles. The third-order valence-corrected chi connectivity index (χ3v) is 10.6. The van der Waals surface area contributed by atoms with E-state index >= 15 is 0 Å². The van der Waals surface area contributed by atoms with Crippen LogP contribution in [0, 0.1) is 92.7 Å². The highest BCUT2D eigenvalue weighted by Gasteiger charge is 2.59. The lowest BCUT2D eigenvalue weighted by atomic mass is 9.68. The molecule has 10 atom stereocenters. The second-order valence-electron chi connectivity index (χ2n) is 12.8. The summed E-state index contributed by atoms with van der Waals surface area (Å²) in [5.74, 6) is 8.29. The number of fused-ring (bicyclic) bond motifs is 10. The average molecular weight is 379 g/mol. The molecule has 0 amide bonds. The van der Waals surface area contributed by atoms with Crippen LogP contribution in [0.15, 0.2) is 0 Å². The lowest BCUT2D eigenvalue weighted by Gasteiger charge is -2.37. The van der Waals surface area contributed by atoms with E-state index in [1.54, 1.807) is 0 Å². The van der Waals surface area contributed by atoms with Crippen molar-refractivity contribution in [1.29, 1.82) is 10.5 Å². The van der Waals surface area contributed by atoms with Gasteiger partial charge in [-0.25, -0.2) is 0 Å². The van der Waals surface area contributed by atoms with Crippen molar-refractivity contribution >= 4 is 0 Å². The minimum Gasteiger partial charge on any atom is -0.198 e. The Morgan fingerprint density at radius 2 is 0.929 bits per heavy atom. The van der Waals surface area contributed by atoms with Crippen molar-refractivity contribution in [3.63, 3.8) is 0 Å². The molecule has 0 aliphatic heterocycles. The molecule has 6 aliphatic rings. The molecular weight excluding hydrogens is 340 g/mol. The summed E-state index contributed by atoms with van der Waals surface area (Å²) in [6.07, 6.45) is 10.7. The SMILES string of the molecule is CC1(C)CC2CC1C1CC(C#N)CC21.CC1(C)CC2CC1C1CC(C#N)CC21. The summed E-state index contributed by atoms with van der Waals surface area (Å²) >= 11 is 0. The fourth-order valence-corrected chi connectivity index (χ4v) is 9.70. The summed E-state index contributed by atoms with van der Waals surface area (Å²) in [4.78, 5) is 0. The molecule has 0 N–H and O–H groups in total. The highest BCUT2D eigenvalue weighted by Crippen LogP contribution is 2.67. The molecule has 0 saturated heterocycles. The van der Waals surface area contributed by atoms with Crippen molar-refractivity contribution in [2.75, 3.05) is 0 Å². The van der Waals surface area contributed by atoms with Crippen molar-refractivity contribution in [3.05, 3.63) is 0 Å². The van der Waals surface area contributed by atoms with Crippen LogP contribution in [-0.4, -0.2) is 0 Å². The van der Waals surface area contributed by atoms with Gasteiger partial charge in [-0.3, -0.25) is 0 Å². The van der Waals surface area contributed by atoms with Gasteiger partial charge in [-0.1, -0.05) is 27.7 Å². The second kappa shape index (κ2) is 6.24. The molecule has 0 radical (unpaired) electrons. The van der Waals surface area contributed by atoms with Gasteiger partial charge in [-0.15, -0.1) is 0 Å². The average Bonchev–Trinajstić information content (AvgIpc) is 3.40. The topological polar surface area (TPSA) is 47.6 Å². The van der Waals surface area contributed by atoms with Gasteiger partial charge in [0.05, 0.1) is 12.1 Å². The molecule has 6 saturated carbocycles. The van der Waals surface area contributed by atoms with Gasteiger partial charge in [0, 0.05) is 11.8 Å². The van der Waals surface area contributed by atoms with E-state index in [4.69, 9.17) is 10.5 Å². The van der Waals surface area contributed by atoms with Crippen molar-refractivity contribution in [2.45, 2.75) is 79.1 Å². The molecule has 4 bridgehead atoms. The van der Waals surface area contributed by atoms with E-state index < -0.39 is 0 Å². The summed E-state index contributed by atoms with van der Waals surface area (Å²) in [6.45, 7) is 9.75. The molecule has 28 heavy (non-hydrogen) atoms. The maximum atomic E-state index is 8.99. The van der Waals surface area contributed by atoms with Gasteiger partial charge in [-0.05, 0) is 110 Å². The van der Waals surface area contributed by atoms with Crippen molar-refractivity contribution in [2.24, 2.45) is 70.0 Å². The summed E-state index contributed by atoms with van der Waals surface area (Å²) < 4.78 is 0. The number of nitrogens with zero attached hydrogens (tertiary/aromatic N) is 2. The van der Waals surface area contributed by atoms with Crippen LogP contribution >= 0.6 is 0 Å². The Kier molecular flexibility index (Phi) is 4.23. The predicted molar refractivity (Wildman–Crippen MR) is 111 cm³/mol. The van der Waals surface area contributed by atoms with Crippen molar-refractivity contribution in [3.8, 4) is 12.1 Å². The molecular formula is C26H38N2. The highest BCUT2D eigenvalue weighted by molar-refractivity contribution is 5.11. The second-order valence-corrected chi connectivity index (χ2v) is 12.8. The zero-order valence-electron chi connectivity index (χ0n) is 18.3. The Balaban J connectivity index is 0.000000122. The fourth-order valence-electron chi connectivity index (χ4n) is 9.70. The molecule has 152 valence electrons. The molecule has 0 aromatic heterocycles. The zero-order valence-corrected chi connectivity index (χ0v) is 18.3.